The van der Waals surface area contributed by atoms with Crippen molar-refractivity contribution in [2.75, 3.05) is 0 Å². The molecule has 17 heavy (non-hydrogen) atoms. The van der Waals surface area contributed by atoms with E-state index in [1.807, 2.05) is 41.2 Å². The zero-order valence-corrected chi connectivity index (χ0v) is 9.28. The minimum absolute atomic E-state index is 0.138. The van der Waals surface area contributed by atoms with Crippen molar-refractivity contribution in [1.82, 2.24) is 4.98 Å². The second kappa shape index (κ2) is 5.21. The van der Waals surface area contributed by atoms with Crippen LogP contribution in [0.25, 0.3) is 11.1 Å². The topological polar surface area (TPSA) is 54.1 Å². The van der Waals surface area contributed by atoms with Crippen molar-refractivity contribution in [1.29, 1.82) is 0 Å². The molecular formula is C13H13N2O2+. The Balaban J connectivity index is 2.11. The maximum Gasteiger partial charge on any atom is 0.309 e. The van der Waals surface area contributed by atoms with Crippen LogP contribution in [0.3, 0.4) is 0 Å². The van der Waals surface area contributed by atoms with Crippen molar-refractivity contribution in [2.24, 2.45) is 0 Å². The van der Waals surface area contributed by atoms with Gasteiger partial charge in [-0.05, 0) is 23.3 Å². The van der Waals surface area contributed by atoms with Crippen LogP contribution in [0.15, 0.2) is 49.1 Å². The van der Waals surface area contributed by atoms with Gasteiger partial charge in [-0.1, -0.05) is 0 Å². The van der Waals surface area contributed by atoms with Crippen LogP contribution >= 0.6 is 0 Å². The van der Waals surface area contributed by atoms with Gasteiger partial charge < -0.3 is 5.11 Å². The predicted molar refractivity (Wildman–Crippen MR) is 62.1 cm³/mol. The highest BCUT2D eigenvalue weighted by Crippen LogP contribution is 2.15. The van der Waals surface area contributed by atoms with E-state index in [9.17, 15) is 4.79 Å². The minimum atomic E-state index is -0.782. The molecule has 0 saturated heterocycles. The molecule has 0 saturated carbocycles. The Morgan fingerprint density at radius 3 is 2.29 bits per heavy atom. The summed E-state index contributed by atoms with van der Waals surface area (Å²) in [5.74, 6) is -0.782. The van der Waals surface area contributed by atoms with Crippen LogP contribution in [0.4, 0.5) is 0 Å². The van der Waals surface area contributed by atoms with E-state index in [0.717, 1.165) is 11.1 Å². The Morgan fingerprint density at radius 2 is 1.71 bits per heavy atom. The summed E-state index contributed by atoms with van der Waals surface area (Å²) in [4.78, 5) is 14.4. The summed E-state index contributed by atoms with van der Waals surface area (Å²) in [6.07, 6.45) is 7.41. The number of carbonyl (C=O) groups is 1. The quantitative estimate of drug-likeness (QED) is 0.808. The molecule has 2 rings (SSSR count). The summed E-state index contributed by atoms with van der Waals surface area (Å²) in [6, 6.07) is 7.82. The summed E-state index contributed by atoms with van der Waals surface area (Å²) in [5.41, 5.74) is 2.20. The number of hydrogen-bond acceptors (Lipinski definition) is 2. The van der Waals surface area contributed by atoms with Gasteiger partial charge in [0.1, 0.15) is 6.42 Å². The van der Waals surface area contributed by atoms with E-state index in [1.54, 1.807) is 12.4 Å². The Hall–Kier alpha value is -2.23. The van der Waals surface area contributed by atoms with Crippen molar-refractivity contribution in [3.05, 3.63) is 49.1 Å². The fourth-order valence-electron chi connectivity index (χ4n) is 1.57. The lowest BCUT2D eigenvalue weighted by atomic mass is 10.1. The summed E-state index contributed by atoms with van der Waals surface area (Å²) >= 11 is 0. The molecule has 0 aliphatic carbocycles. The molecule has 4 heteroatoms. The SMILES string of the molecule is O=C(O)CC[n+]1ccc(-c2ccncc2)cc1. The van der Waals surface area contributed by atoms with E-state index in [-0.39, 0.29) is 6.42 Å². The number of carboxylic acids is 1. The van der Waals surface area contributed by atoms with Crippen molar-refractivity contribution >= 4 is 5.97 Å². The summed E-state index contributed by atoms with van der Waals surface area (Å²) < 4.78 is 1.86. The predicted octanol–water partition coefficient (Wildman–Crippen LogP) is 1.51. The molecule has 1 N–H and O–H groups in total. The highest BCUT2D eigenvalue weighted by atomic mass is 16.4. The van der Waals surface area contributed by atoms with Crippen molar-refractivity contribution in [2.45, 2.75) is 13.0 Å². The molecule has 0 unspecified atom stereocenters. The molecule has 0 atom stereocenters. The molecule has 2 aromatic rings. The van der Waals surface area contributed by atoms with Crippen LogP contribution in [-0.2, 0) is 11.3 Å². The third-order valence-corrected chi connectivity index (χ3v) is 2.49. The number of nitrogens with zero attached hydrogens (tertiary/aromatic N) is 2. The zero-order chi connectivity index (χ0) is 12.1. The van der Waals surface area contributed by atoms with Gasteiger partial charge in [-0.3, -0.25) is 9.78 Å². The number of rotatable bonds is 4. The first-order valence-electron chi connectivity index (χ1n) is 5.37. The molecule has 2 aromatic heterocycles. The first kappa shape index (κ1) is 11.3. The van der Waals surface area contributed by atoms with Crippen molar-refractivity contribution in [3.63, 3.8) is 0 Å². The monoisotopic (exact) mass is 229 g/mol. The van der Waals surface area contributed by atoms with E-state index in [1.165, 1.54) is 0 Å². The molecule has 0 bridgehead atoms. The number of aromatic nitrogens is 2. The first-order chi connectivity index (χ1) is 8.25. The van der Waals surface area contributed by atoms with Gasteiger partial charge in [-0.2, -0.15) is 0 Å². The molecule has 4 nitrogen and oxygen atoms in total. The lowest BCUT2D eigenvalue weighted by molar-refractivity contribution is -0.695. The standard InChI is InChI=1S/C13H12N2O2/c16-13(17)5-10-15-8-3-12(4-9-15)11-1-6-14-7-2-11/h1-4,6-9H,5,10H2/p+1. The van der Waals surface area contributed by atoms with Crippen LogP contribution in [0.1, 0.15) is 6.42 Å². The van der Waals surface area contributed by atoms with Crippen LogP contribution in [0.5, 0.6) is 0 Å². The van der Waals surface area contributed by atoms with Gasteiger partial charge in [0.05, 0.1) is 0 Å². The van der Waals surface area contributed by atoms with Gasteiger partial charge in [0.2, 0.25) is 0 Å². The number of pyridine rings is 2. The molecular weight excluding hydrogens is 216 g/mol. The Morgan fingerprint density at radius 1 is 1.12 bits per heavy atom. The largest absolute Gasteiger partial charge is 0.481 e. The zero-order valence-electron chi connectivity index (χ0n) is 9.28. The molecule has 0 aliphatic rings. The Bertz CT molecular complexity index is 495. The van der Waals surface area contributed by atoms with Crippen LogP contribution < -0.4 is 4.57 Å². The summed E-state index contributed by atoms with van der Waals surface area (Å²) in [5, 5.41) is 8.59. The van der Waals surface area contributed by atoms with Gasteiger partial charge >= 0.3 is 5.97 Å². The summed E-state index contributed by atoms with van der Waals surface area (Å²) in [7, 11) is 0. The van der Waals surface area contributed by atoms with Gasteiger partial charge in [0.25, 0.3) is 0 Å². The molecule has 0 amide bonds. The van der Waals surface area contributed by atoms with Gasteiger partial charge in [-0.15, -0.1) is 0 Å². The van der Waals surface area contributed by atoms with E-state index >= 15 is 0 Å². The lowest BCUT2D eigenvalue weighted by Gasteiger charge is -1.99. The van der Waals surface area contributed by atoms with Gasteiger partial charge in [-0.25, -0.2) is 4.57 Å². The second-order valence-corrected chi connectivity index (χ2v) is 3.70. The molecule has 0 spiro atoms. The highest BCUT2D eigenvalue weighted by Gasteiger charge is 2.05. The van der Waals surface area contributed by atoms with Crippen LogP contribution in [-0.4, -0.2) is 16.1 Å². The van der Waals surface area contributed by atoms with Crippen molar-refractivity contribution < 1.29 is 14.5 Å². The lowest BCUT2D eigenvalue weighted by Crippen LogP contribution is -2.33. The number of carboxylic acid groups (broad SMARTS) is 1. The molecule has 86 valence electrons. The fraction of sp³-hybridized carbons (Fsp3) is 0.154. The number of aliphatic carboxylic acids is 1. The normalized spacial score (nSPS) is 10.1. The molecule has 0 radical (unpaired) electrons. The molecule has 0 aromatic carbocycles. The molecule has 2 heterocycles. The average molecular weight is 229 g/mol. The first-order valence-corrected chi connectivity index (χ1v) is 5.37. The fourth-order valence-corrected chi connectivity index (χ4v) is 1.57. The van der Waals surface area contributed by atoms with Crippen LogP contribution in [0, 0.1) is 0 Å². The average Bonchev–Trinajstić information content (AvgIpc) is 2.38. The number of hydrogen-bond donors (Lipinski definition) is 1. The van der Waals surface area contributed by atoms with E-state index < -0.39 is 5.97 Å². The maximum absolute atomic E-state index is 10.4. The van der Waals surface area contributed by atoms with E-state index in [4.69, 9.17) is 5.11 Å². The van der Waals surface area contributed by atoms with Crippen molar-refractivity contribution in [3.8, 4) is 11.1 Å². The van der Waals surface area contributed by atoms with Gasteiger partial charge in [0.15, 0.2) is 18.9 Å². The maximum atomic E-state index is 10.4. The van der Waals surface area contributed by atoms with Crippen LogP contribution in [0.2, 0.25) is 0 Å². The smallest absolute Gasteiger partial charge is 0.309 e. The third kappa shape index (κ3) is 3.11. The second-order valence-electron chi connectivity index (χ2n) is 3.70. The Kier molecular flexibility index (Phi) is 3.45. The van der Waals surface area contributed by atoms with Gasteiger partial charge in [0, 0.05) is 24.5 Å². The van der Waals surface area contributed by atoms with E-state index in [2.05, 4.69) is 4.98 Å². The minimum Gasteiger partial charge on any atom is -0.481 e. The summed E-state index contributed by atoms with van der Waals surface area (Å²) in [6.45, 7) is 0.492. The third-order valence-electron chi connectivity index (χ3n) is 2.49. The van der Waals surface area contributed by atoms with E-state index in [0.29, 0.717) is 6.54 Å². The Labute approximate surface area is 99.2 Å². The molecule has 0 fully saturated rings. The molecule has 0 aliphatic heterocycles. The number of aryl methyl sites for hydroxylation is 1. The highest BCUT2D eigenvalue weighted by molar-refractivity contribution is 5.66.